The Morgan fingerprint density at radius 3 is 1.84 bits per heavy atom. The van der Waals surface area contributed by atoms with Crippen LogP contribution in [-0.4, -0.2) is 11.2 Å². The topological polar surface area (TPSA) is 20.2 Å². The second-order valence-electron chi connectivity index (χ2n) is 14.6. The zero-order valence-corrected chi connectivity index (χ0v) is 21.7. The SMILES string of the molecule is C=C(C)[C@H]1CC[C@]2(C)[C@H]3CC[C@@H]4[C@@]5(C)CC[C@H](O)C(C)(C)[C@@H]5CC[C@@]4(C)[C@]3(C)CC[C@@H]12. The van der Waals surface area contributed by atoms with Crippen LogP contribution < -0.4 is 0 Å². The van der Waals surface area contributed by atoms with Crippen LogP contribution in [0.15, 0.2) is 12.2 Å². The maximum atomic E-state index is 10.9. The lowest BCUT2D eigenvalue weighted by Crippen LogP contribution is -2.66. The Kier molecular flexibility index (Phi) is 4.82. The van der Waals surface area contributed by atoms with Crippen LogP contribution in [0.4, 0.5) is 0 Å². The summed E-state index contributed by atoms with van der Waals surface area (Å²) >= 11 is 0. The first-order chi connectivity index (χ1) is 14.3. The van der Waals surface area contributed by atoms with E-state index in [1.807, 2.05) is 0 Å². The molecule has 1 N–H and O–H groups in total. The Morgan fingerprint density at radius 2 is 1.23 bits per heavy atom. The van der Waals surface area contributed by atoms with E-state index in [1.54, 1.807) is 0 Å². The van der Waals surface area contributed by atoms with Gasteiger partial charge in [-0.3, -0.25) is 0 Å². The van der Waals surface area contributed by atoms with Gasteiger partial charge in [0.05, 0.1) is 6.10 Å². The van der Waals surface area contributed by atoms with Gasteiger partial charge in [0.15, 0.2) is 0 Å². The van der Waals surface area contributed by atoms with E-state index >= 15 is 0 Å². The lowest BCUT2D eigenvalue weighted by atomic mass is 9.32. The summed E-state index contributed by atoms with van der Waals surface area (Å²) in [5, 5.41) is 10.9. The van der Waals surface area contributed by atoms with E-state index < -0.39 is 0 Å². The fourth-order valence-corrected chi connectivity index (χ4v) is 11.8. The van der Waals surface area contributed by atoms with Gasteiger partial charge in [0.1, 0.15) is 0 Å². The predicted octanol–water partition coefficient (Wildman–Crippen LogP) is 8.02. The van der Waals surface area contributed by atoms with Crippen LogP contribution in [0.2, 0.25) is 0 Å². The van der Waals surface area contributed by atoms with Gasteiger partial charge in [0.2, 0.25) is 0 Å². The summed E-state index contributed by atoms with van der Waals surface area (Å²) in [6.45, 7) is 22.3. The molecular weight excluding hydrogens is 376 g/mol. The molecule has 0 saturated heterocycles. The standard InChI is InChI=1S/C30H50O/c1-19(2)20-11-15-27(5)21(20)12-17-29(7)23(27)9-10-24-28(6)16-14-25(31)26(3,4)22(28)13-18-30(24,29)8/h20-25,31H,1,9-18H2,2-8H3/t20-,21+,22+,23-,24-,25+,27+,28+,29-,30-/m1/s1. The Hall–Kier alpha value is -0.300. The second kappa shape index (κ2) is 6.64. The predicted molar refractivity (Wildman–Crippen MR) is 131 cm³/mol. The van der Waals surface area contributed by atoms with E-state index in [0.29, 0.717) is 27.6 Å². The van der Waals surface area contributed by atoms with Crippen LogP contribution in [0.25, 0.3) is 0 Å². The van der Waals surface area contributed by atoms with E-state index in [1.165, 1.54) is 63.4 Å². The molecule has 0 aromatic rings. The zero-order chi connectivity index (χ0) is 22.6. The van der Waals surface area contributed by atoms with E-state index in [2.05, 4.69) is 55.0 Å². The summed E-state index contributed by atoms with van der Waals surface area (Å²) in [7, 11) is 0. The lowest BCUT2D eigenvalue weighted by molar-refractivity contribution is -0.251. The van der Waals surface area contributed by atoms with Gasteiger partial charge in [-0.1, -0.05) is 53.7 Å². The van der Waals surface area contributed by atoms with Gasteiger partial charge in [0.25, 0.3) is 0 Å². The van der Waals surface area contributed by atoms with E-state index in [-0.39, 0.29) is 11.5 Å². The molecule has 1 heteroatoms. The Balaban J connectivity index is 1.52. The Bertz CT molecular complexity index is 766. The summed E-state index contributed by atoms with van der Waals surface area (Å²) in [5.74, 6) is 4.03. The number of rotatable bonds is 1. The highest BCUT2D eigenvalue weighted by Gasteiger charge is 2.70. The van der Waals surface area contributed by atoms with Crippen molar-refractivity contribution < 1.29 is 5.11 Å². The molecule has 5 rings (SSSR count). The Labute approximate surface area is 192 Å². The van der Waals surface area contributed by atoms with Crippen LogP contribution in [0, 0.1) is 56.7 Å². The molecule has 5 aliphatic carbocycles. The van der Waals surface area contributed by atoms with Crippen molar-refractivity contribution in [2.45, 2.75) is 119 Å². The van der Waals surface area contributed by atoms with Crippen molar-refractivity contribution in [1.29, 1.82) is 0 Å². The zero-order valence-electron chi connectivity index (χ0n) is 21.7. The number of allylic oxidation sites excluding steroid dienone is 1. The molecule has 0 bridgehead atoms. The number of aliphatic hydroxyl groups is 1. The van der Waals surface area contributed by atoms with E-state index in [9.17, 15) is 5.11 Å². The molecular formula is C30H50O. The average Bonchev–Trinajstić information content (AvgIpc) is 3.03. The van der Waals surface area contributed by atoms with Gasteiger partial charge in [-0.25, -0.2) is 0 Å². The largest absolute Gasteiger partial charge is 0.393 e. The lowest BCUT2D eigenvalue weighted by Gasteiger charge is -2.73. The molecule has 0 radical (unpaired) electrons. The van der Waals surface area contributed by atoms with Crippen LogP contribution in [0.5, 0.6) is 0 Å². The summed E-state index contributed by atoms with van der Waals surface area (Å²) < 4.78 is 0. The molecule has 5 aliphatic rings. The first kappa shape index (κ1) is 22.5. The molecule has 10 atom stereocenters. The molecule has 31 heavy (non-hydrogen) atoms. The first-order valence-corrected chi connectivity index (χ1v) is 13.7. The minimum absolute atomic E-state index is 0.0654. The molecule has 0 amide bonds. The molecule has 0 aliphatic heterocycles. The third kappa shape index (κ3) is 2.60. The van der Waals surface area contributed by atoms with Crippen LogP contribution >= 0.6 is 0 Å². The molecule has 0 aromatic carbocycles. The molecule has 176 valence electrons. The maximum Gasteiger partial charge on any atom is 0.0594 e. The highest BCUT2D eigenvalue weighted by molar-refractivity contribution is 5.21. The minimum atomic E-state index is -0.117. The van der Waals surface area contributed by atoms with Crippen molar-refractivity contribution in [2.24, 2.45) is 56.7 Å². The quantitative estimate of drug-likeness (QED) is 0.421. The summed E-state index contributed by atoms with van der Waals surface area (Å²) in [6.07, 6.45) is 13.4. The molecule has 5 fully saturated rings. The van der Waals surface area contributed by atoms with Gasteiger partial charge in [-0.15, -0.1) is 0 Å². The number of hydrogen-bond donors (Lipinski definition) is 1. The number of fused-ring (bicyclic) bond motifs is 7. The summed E-state index contributed by atoms with van der Waals surface area (Å²) in [4.78, 5) is 0. The van der Waals surface area contributed by atoms with Crippen molar-refractivity contribution in [3.63, 3.8) is 0 Å². The van der Waals surface area contributed by atoms with Crippen LogP contribution in [0.1, 0.15) is 113 Å². The van der Waals surface area contributed by atoms with Gasteiger partial charge in [-0.2, -0.15) is 0 Å². The first-order valence-electron chi connectivity index (χ1n) is 13.7. The van der Waals surface area contributed by atoms with E-state index in [4.69, 9.17) is 0 Å². The van der Waals surface area contributed by atoms with Crippen LogP contribution in [-0.2, 0) is 0 Å². The highest BCUT2D eigenvalue weighted by Crippen LogP contribution is 2.77. The van der Waals surface area contributed by atoms with Gasteiger partial charge in [0, 0.05) is 0 Å². The van der Waals surface area contributed by atoms with Gasteiger partial charge >= 0.3 is 0 Å². The smallest absolute Gasteiger partial charge is 0.0594 e. The van der Waals surface area contributed by atoms with Crippen molar-refractivity contribution in [3.05, 3.63) is 12.2 Å². The fourth-order valence-electron chi connectivity index (χ4n) is 11.8. The minimum Gasteiger partial charge on any atom is -0.393 e. The maximum absolute atomic E-state index is 10.9. The summed E-state index contributed by atoms with van der Waals surface area (Å²) in [5.41, 5.74) is 3.36. The third-order valence-corrected chi connectivity index (χ3v) is 13.6. The normalized spacial score (nSPS) is 57.9. The molecule has 0 unspecified atom stereocenters. The van der Waals surface area contributed by atoms with Gasteiger partial charge in [-0.05, 0) is 128 Å². The number of aliphatic hydroxyl groups excluding tert-OH is 1. The second-order valence-corrected chi connectivity index (χ2v) is 14.6. The van der Waals surface area contributed by atoms with Gasteiger partial charge < -0.3 is 5.11 Å². The molecule has 0 aromatic heterocycles. The number of hydrogen-bond acceptors (Lipinski definition) is 1. The highest BCUT2D eigenvalue weighted by atomic mass is 16.3. The van der Waals surface area contributed by atoms with E-state index in [0.717, 1.165) is 30.1 Å². The van der Waals surface area contributed by atoms with Crippen LogP contribution in [0.3, 0.4) is 0 Å². The molecule has 0 spiro atoms. The molecule has 0 heterocycles. The van der Waals surface area contributed by atoms with Crippen molar-refractivity contribution in [1.82, 2.24) is 0 Å². The fraction of sp³-hybridized carbons (Fsp3) is 0.933. The van der Waals surface area contributed by atoms with Crippen molar-refractivity contribution >= 4 is 0 Å². The summed E-state index contributed by atoms with van der Waals surface area (Å²) in [6, 6.07) is 0. The van der Waals surface area contributed by atoms with Crippen molar-refractivity contribution in [3.8, 4) is 0 Å². The molecule has 5 saturated carbocycles. The monoisotopic (exact) mass is 426 g/mol. The average molecular weight is 427 g/mol. The molecule has 1 nitrogen and oxygen atoms in total. The Morgan fingerprint density at radius 1 is 0.677 bits per heavy atom. The van der Waals surface area contributed by atoms with Crippen molar-refractivity contribution in [2.75, 3.05) is 0 Å². The third-order valence-electron chi connectivity index (χ3n) is 13.6.